The standard InChI is InChI=1S/C22H23BrN2O2S/c1-14-11-17(15(2)25(14)19-5-3-4-6-19)12-20-21(26)24(22(27)28-20)13-16-7-9-18(23)10-8-16/h7-12,19H,3-6,13H2,1-2H3/b20-12-. The Morgan fingerprint density at radius 3 is 2.50 bits per heavy atom. The summed E-state index contributed by atoms with van der Waals surface area (Å²) in [5.74, 6) is -0.205. The topological polar surface area (TPSA) is 42.3 Å². The zero-order valence-electron chi connectivity index (χ0n) is 16.1. The molecule has 0 atom stereocenters. The van der Waals surface area contributed by atoms with E-state index in [1.807, 2.05) is 30.3 Å². The summed E-state index contributed by atoms with van der Waals surface area (Å²) >= 11 is 4.44. The highest BCUT2D eigenvalue weighted by Crippen LogP contribution is 2.37. The van der Waals surface area contributed by atoms with Gasteiger partial charge in [0.15, 0.2) is 0 Å². The molecule has 0 spiro atoms. The van der Waals surface area contributed by atoms with E-state index in [0.29, 0.717) is 17.5 Å². The van der Waals surface area contributed by atoms with E-state index in [1.165, 1.54) is 42.0 Å². The second kappa shape index (κ2) is 7.91. The summed E-state index contributed by atoms with van der Waals surface area (Å²) in [5, 5.41) is -0.205. The van der Waals surface area contributed by atoms with Gasteiger partial charge >= 0.3 is 0 Å². The Labute approximate surface area is 178 Å². The van der Waals surface area contributed by atoms with E-state index in [9.17, 15) is 9.59 Å². The molecule has 2 aromatic rings. The number of halogens is 1. The van der Waals surface area contributed by atoms with Crippen molar-refractivity contribution in [2.75, 3.05) is 0 Å². The van der Waals surface area contributed by atoms with E-state index in [2.05, 4.69) is 40.4 Å². The molecule has 1 aliphatic heterocycles. The number of nitrogens with zero attached hydrogens (tertiary/aromatic N) is 2. The molecule has 28 heavy (non-hydrogen) atoms. The zero-order valence-corrected chi connectivity index (χ0v) is 18.5. The van der Waals surface area contributed by atoms with Crippen molar-refractivity contribution in [3.05, 3.63) is 62.2 Å². The molecular formula is C22H23BrN2O2S. The normalized spacial score (nSPS) is 19.4. The third-order valence-electron chi connectivity index (χ3n) is 5.63. The highest BCUT2D eigenvalue weighted by molar-refractivity contribution is 9.10. The van der Waals surface area contributed by atoms with E-state index in [-0.39, 0.29) is 11.1 Å². The van der Waals surface area contributed by atoms with Crippen LogP contribution in [0.15, 0.2) is 39.7 Å². The molecule has 1 saturated carbocycles. The number of imide groups is 1. The van der Waals surface area contributed by atoms with Gasteiger partial charge in [-0.15, -0.1) is 0 Å². The predicted octanol–water partition coefficient (Wildman–Crippen LogP) is 6.22. The molecule has 1 aromatic heterocycles. The number of carbonyl (C=O) groups is 2. The minimum atomic E-state index is -0.205. The minimum Gasteiger partial charge on any atom is -0.346 e. The number of rotatable bonds is 4. The Bertz CT molecular complexity index is 956. The van der Waals surface area contributed by atoms with Crippen LogP contribution in [0.1, 0.15) is 54.2 Å². The lowest BCUT2D eigenvalue weighted by atomic mass is 10.2. The number of hydrogen-bond acceptors (Lipinski definition) is 3. The first kappa shape index (κ1) is 19.5. The average molecular weight is 459 g/mol. The average Bonchev–Trinajstić information content (AvgIpc) is 3.34. The maximum Gasteiger partial charge on any atom is 0.293 e. The van der Waals surface area contributed by atoms with Crippen LogP contribution in [-0.2, 0) is 11.3 Å². The van der Waals surface area contributed by atoms with Crippen LogP contribution in [-0.4, -0.2) is 20.6 Å². The van der Waals surface area contributed by atoms with Crippen molar-refractivity contribution in [2.45, 2.75) is 52.1 Å². The van der Waals surface area contributed by atoms with Crippen LogP contribution in [0.4, 0.5) is 4.79 Å². The fraction of sp³-hybridized carbons (Fsp3) is 0.364. The highest BCUT2D eigenvalue weighted by atomic mass is 79.9. The van der Waals surface area contributed by atoms with Crippen molar-refractivity contribution < 1.29 is 9.59 Å². The maximum absolute atomic E-state index is 12.9. The van der Waals surface area contributed by atoms with Crippen LogP contribution in [0.2, 0.25) is 0 Å². The molecule has 6 heteroatoms. The molecule has 0 unspecified atom stereocenters. The van der Waals surface area contributed by atoms with Gasteiger partial charge in [0.2, 0.25) is 0 Å². The largest absolute Gasteiger partial charge is 0.346 e. The number of carbonyl (C=O) groups excluding carboxylic acids is 2. The van der Waals surface area contributed by atoms with Gasteiger partial charge in [-0.2, -0.15) is 0 Å². The van der Waals surface area contributed by atoms with Gasteiger partial charge < -0.3 is 4.57 Å². The number of aromatic nitrogens is 1. The first-order chi connectivity index (χ1) is 13.4. The molecule has 1 aliphatic carbocycles. The molecule has 4 rings (SSSR count). The lowest BCUT2D eigenvalue weighted by Crippen LogP contribution is -2.27. The number of thioether (sulfide) groups is 1. The summed E-state index contributed by atoms with van der Waals surface area (Å²) < 4.78 is 3.38. The van der Waals surface area contributed by atoms with Gasteiger partial charge in [-0.1, -0.05) is 40.9 Å². The van der Waals surface area contributed by atoms with Gasteiger partial charge in [-0.3, -0.25) is 14.5 Å². The number of benzene rings is 1. The summed E-state index contributed by atoms with van der Waals surface area (Å²) in [6, 6.07) is 10.4. The fourth-order valence-corrected chi connectivity index (χ4v) is 5.32. The van der Waals surface area contributed by atoms with Gasteiger partial charge in [-0.05, 0) is 73.9 Å². The number of amides is 2. The SMILES string of the molecule is Cc1cc(/C=C2\SC(=O)N(Cc3ccc(Br)cc3)C2=O)c(C)n1C1CCCC1. The van der Waals surface area contributed by atoms with Gasteiger partial charge in [0.1, 0.15) is 0 Å². The second-order valence-electron chi connectivity index (χ2n) is 7.53. The Morgan fingerprint density at radius 1 is 1.14 bits per heavy atom. The molecule has 2 amide bonds. The Hall–Kier alpha value is -1.79. The van der Waals surface area contributed by atoms with E-state index < -0.39 is 0 Å². The quantitative estimate of drug-likeness (QED) is 0.510. The molecule has 1 aromatic carbocycles. The van der Waals surface area contributed by atoms with Crippen LogP contribution in [0.5, 0.6) is 0 Å². The van der Waals surface area contributed by atoms with Crippen molar-refractivity contribution in [1.29, 1.82) is 0 Å². The summed E-state index contributed by atoms with van der Waals surface area (Å²) in [7, 11) is 0. The smallest absolute Gasteiger partial charge is 0.293 e. The zero-order chi connectivity index (χ0) is 19.8. The first-order valence-electron chi connectivity index (χ1n) is 9.62. The van der Waals surface area contributed by atoms with Crippen LogP contribution in [0, 0.1) is 13.8 Å². The maximum atomic E-state index is 12.9. The molecule has 2 aliphatic rings. The summed E-state index contributed by atoms with van der Waals surface area (Å²) in [6.07, 6.45) is 6.90. The third-order valence-corrected chi connectivity index (χ3v) is 7.06. The lowest BCUT2D eigenvalue weighted by molar-refractivity contribution is -0.123. The van der Waals surface area contributed by atoms with Crippen LogP contribution >= 0.6 is 27.7 Å². The molecule has 1 saturated heterocycles. The number of hydrogen-bond donors (Lipinski definition) is 0. The van der Waals surface area contributed by atoms with E-state index in [1.54, 1.807) is 0 Å². The monoisotopic (exact) mass is 458 g/mol. The fourth-order valence-electron chi connectivity index (χ4n) is 4.22. The molecule has 0 radical (unpaired) electrons. The molecule has 2 heterocycles. The molecule has 0 bridgehead atoms. The summed E-state index contributed by atoms with van der Waals surface area (Å²) in [5.41, 5.74) is 4.39. The molecule has 4 nitrogen and oxygen atoms in total. The Balaban J connectivity index is 1.57. The van der Waals surface area contributed by atoms with Crippen LogP contribution in [0.25, 0.3) is 6.08 Å². The van der Waals surface area contributed by atoms with Gasteiger partial charge in [0, 0.05) is 21.9 Å². The van der Waals surface area contributed by atoms with Gasteiger partial charge in [-0.25, -0.2) is 0 Å². The minimum absolute atomic E-state index is 0.205. The van der Waals surface area contributed by atoms with Gasteiger partial charge in [0.25, 0.3) is 11.1 Å². The number of aryl methyl sites for hydroxylation is 1. The molecule has 146 valence electrons. The van der Waals surface area contributed by atoms with Crippen molar-refractivity contribution in [3.8, 4) is 0 Å². The van der Waals surface area contributed by atoms with Crippen molar-refractivity contribution in [1.82, 2.24) is 9.47 Å². The van der Waals surface area contributed by atoms with E-state index in [0.717, 1.165) is 27.4 Å². The highest BCUT2D eigenvalue weighted by Gasteiger charge is 2.35. The summed E-state index contributed by atoms with van der Waals surface area (Å²) in [4.78, 5) is 27.1. The van der Waals surface area contributed by atoms with Crippen molar-refractivity contribution in [2.24, 2.45) is 0 Å². The van der Waals surface area contributed by atoms with E-state index in [4.69, 9.17) is 0 Å². The van der Waals surface area contributed by atoms with Crippen molar-refractivity contribution in [3.63, 3.8) is 0 Å². The predicted molar refractivity (Wildman–Crippen MR) is 117 cm³/mol. The lowest BCUT2D eigenvalue weighted by Gasteiger charge is -2.17. The van der Waals surface area contributed by atoms with Crippen LogP contribution < -0.4 is 0 Å². The third kappa shape index (κ3) is 3.72. The van der Waals surface area contributed by atoms with E-state index >= 15 is 0 Å². The first-order valence-corrected chi connectivity index (χ1v) is 11.2. The molecule has 2 fully saturated rings. The Morgan fingerprint density at radius 2 is 1.82 bits per heavy atom. The van der Waals surface area contributed by atoms with Crippen molar-refractivity contribution >= 4 is 44.9 Å². The van der Waals surface area contributed by atoms with Gasteiger partial charge in [0.05, 0.1) is 11.4 Å². The Kier molecular flexibility index (Phi) is 5.52. The molecular weight excluding hydrogens is 436 g/mol. The van der Waals surface area contributed by atoms with Crippen LogP contribution in [0.3, 0.4) is 0 Å². The summed E-state index contributed by atoms with van der Waals surface area (Å²) in [6.45, 7) is 4.54. The second-order valence-corrected chi connectivity index (χ2v) is 9.44. The molecule has 0 N–H and O–H groups in total.